The van der Waals surface area contributed by atoms with Gasteiger partial charge < -0.3 is 0 Å². The maximum Gasteiger partial charge on any atom is 0.262 e. The van der Waals surface area contributed by atoms with Crippen LogP contribution in [0.5, 0.6) is 0 Å². The minimum atomic E-state index is -0.274. The highest BCUT2D eigenvalue weighted by Crippen LogP contribution is 2.25. The van der Waals surface area contributed by atoms with Gasteiger partial charge in [0.05, 0.1) is 23.5 Å². The molecule has 0 saturated carbocycles. The van der Waals surface area contributed by atoms with Crippen molar-refractivity contribution in [3.05, 3.63) is 63.4 Å². The number of hydrogen-bond acceptors (Lipinski definition) is 5. The van der Waals surface area contributed by atoms with Gasteiger partial charge >= 0.3 is 0 Å². The Morgan fingerprint density at radius 2 is 1.97 bits per heavy atom. The molecule has 0 spiro atoms. The Bertz CT molecular complexity index is 1010. The molecule has 0 aliphatic carbocycles. The Balaban J connectivity index is 1.41. The molecule has 1 saturated heterocycles. The molecule has 8 heteroatoms. The standard InChI is InChI=1S/C22H26ClN5OS/c1-15-8-10-27(11-9-15)13-18-14-30-22(24-18)25-21(29)19-16(2)26-28(20(19)23)12-17-6-4-3-5-7-17/h3-7,14-15H,8-13H2,1-2H3,(H,24,25,29). The van der Waals surface area contributed by atoms with Crippen molar-refractivity contribution in [3.63, 3.8) is 0 Å². The summed E-state index contributed by atoms with van der Waals surface area (Å²) in [5, 5.41) is 10.3. The van der Waals surface area contributed by atoms with Crippen molar-refractivity contribution in [3.8, 4) is 0 Å². The van der Waals surface area contributed by atoms with Crippen LogP contribution in [0.3, 0.4) is 0 Å². The van der Waals surface area contributed by atoms with Gasteiger partial charge in [0, 0.05) is 11.9 Å². The number of aryl methyl sites for hydroxylation is 1. The van der Waals surface area contributed by atoms with Crippen molar-refractivity contribution >= 4 is 34.0 Å². The van der Waals surface area contributed by atoms with E-state index in [0.717, 1.165) is 36.8 Å². The quantitative estimate of drug-likeness (QED) is 0.592. The monoisotopic (exact) mass is 443 g/mol. The molecule has 1 aliphatic rings. The number of amides is 1. The van der Waals surface area contributed by atoms with Gasteiger partial charge in [0.1, 0.15) is 5.15 Å². The van der Waals surface area contributed by atoms with Crippen molar-refractivity contribution in [1.29, 1.82) is 0 Å². The second-order valence-corrected chi connectivity index (χ2v) is 9.17. The molecule has 1 aromatic carbocycles. The molecule has 0 atom stereocenters. The zero-order valence-corrected chi connectivity index (χ0v) is 18.8. The summed E-state index contributed by atoms with van der Waals surface area (Å²) in [6.45, 7) is 7.67. The fourth-order valence-electron chi connectivity index (χ4n) is 3.72. The first kappa shape index (κ1) is 21.0. The molecular weight excluding hydrogens is 418 g/mol. The molecule has 3 heterocycles. The van der Waals surface area contributed by atoms with Gasteiger partial charge in [-0.3, -0.25) is 15.0 Å². The van der Waals surface area contributed by atoms with E-state index in [1.807, 2.05) is 35.7 Å². The summed E-state index contributed by atoms with van der Waals surface area (Å²) in [5.74, 6) is 0.534. The summed E-state index contributed by atoms with van der Waals surface area (Å²) in [6, 6.07) is 9.92. The van der Waals surface area contributed by atoms with Crippen LogP contribution in [-0.2, 0) is 13.1 Å². The number of benzene rings is 1. The molecule has 6 nitrogen and oxygen atoms in total. The minimum absolute atomic E-state index is 0.274. The van der Waals surface area contributed by atoms with Gasteiger partial charge in [-0.25, -0.2) is 9.67 Å². The van der Waals surface area contributed by atoms with Crippen LogP contribution < -0.4 is 5.32 Å². The number of piperidine rings is 1. The average molecular weight is 444 g/mol. The first-order valence-electron chi connectivity index (χ1n) is 10.2. The Labute approximate surface area is 185 Å². The highest BCUT2D eigenvalue weighted by Gasteiger charge is 2.22. The topological polar surface area (TPSA) is 63.1 Å². The van der Waals surface area contributed by atoms with E-state index in [9.17, 15) is 4.79 Å². The first-order chi connectivity index (χ1) is 14.5. The van der Waals surface area contributed by atoms with Gasteiger partial charge in [0.15, 0.2) is 5.13 Å². The summed E-state index contributed by atoms with van der Waals surface area (Å²) in [4.78, 5) is 19.9. The molecular formula is C22H26ClN5OS. The van der Waals surface area contributed by atoms with Crippen LogP contribution in [0.4, 0.5) is 5.13 Å². The molecule has 2 aromatic heterocycles. The molecule has 0 bridgehead atoms. The number of likely N-dealkylation sites (tertiary alicyclic amines) is 1. The number of rotatable bonds is 6. The lowest BCUT2D eigenvalue weighted by molar-refractivity contribution is 0.102. The molecule has 1 amide bonds. The Morgan fingerprint density at radius 3 is 2.70 bits per heavy atom. The fourth-order valence-corrected chi connectivity index (χ4v) is 4.73. The van der Waals surface area contributed by atoms with E-state index in [1.54, 1.807) is 11.6 Å². The van der Waals surface area contributed by atoms with Crippen LogP contribution in [0, 0.1) is 12.8 Å². The first-order valence-corrected chi connectivity index (χ1v) is 11.5. The smallest absolute Gasteiger partial charge is 0.262 e. The number of carbonyl (C=O) groups excluding carboxylic acids is 1. The van der Waals surface area contributed by atoms with E-state index < -0.39 is 0 Å². The number of anilines is 1. The van der Waals surface area contributed by atoms with Crippen molar-refractivity contribution in [2.75, 3.05) is 18.4 Å². The summed E-state index contributed by atoms with van der Waals surface area (Å²) >= 11 is 7.95. The Kier molecular flexibility index (Phi) is 6.51. The zero-order chi connectivity index (χ0) is 21.1. The zero-order valence-electron chi connectivity index (χ0n) is 17.3. The van der Waals surface area contributed by atoms with Crippen LogP contribution in [0.25, 0.3) is 0 Å². The van der Waals surface area contributed by atoms with E-state index >= 15 is 0 Å². The third-order valence-electron chi connectivity index (χ3n) is 5.50. The van der Waals surface area contributed by atoms with Crippen molar-refractivity contribution in [2.45, 2.75) is 39.8 Å². The highest BCUT2D eigenvalue weighted by molar-refractivity contribution is 7.14. The van der Waals surface area contributed by atoms with E-state index in [-0.39, 0.29) is 5.91 Å². The van der Waals surface area contributed by atoms with Gasteiger partial charge in [-0.2, -0.15) is 5.10 Å². The number of halogens is 1. The van der Waals surface area contributed by atoms with Gasteiger partial charge in [-0.15, -0.1) is 11.3 Å². The lowest BCUT2D eigenvalue weighted by Crippen LogP contribution is -2.32. The third-order valence-corrected chi connectivity index (χ3v) is 6.69. The summed E-state index contributed by atoms with van der Waals surface area (Å²) < 4.78 is 1.66. The van der Waals surface area contributed by atoms with E-state index in [0.29, 0.717) is 28.1 Å². The number of nitrogens with zero attached hydrogens (tertiary/aromatic N) is 4. The molecule has 1 fully saturated rings. The third kappa shape index (κ3) is 4.91. The van der Waals surface area contributed by atoms with Gasteiger partial charge in [0.25, 0.3) is 5.91 Å². The molecule has 0 unspecified atom stereocenters. The van der Waals surface area contributed by atoms with E-state index in [2.05, 4.69) is 27.2 Å². The fraction of sp³-hybridized carbons (Fsp3) is 0.409. The number of nitrogens with one attached hydrogen (secondary N) is 1. The number of carbonyl (C=O) groups is 1. The molecule has 1 N–H and O–H groups in total. The lowest BCUT2D eigenvalue weighted by Gasteiger charge is -2.29. The highest BCUT2D eigenvalue weighted by atomic mass is 35.5. The number of aromatic nitrogens is 3. The molecule has 158 valence electrons. The van der Waals surface area contributed by atoms with Crippen molar-refractivity contribution < 1.29 is 4.79 Å². The van der Waals surface area contributed by atoms with Crippen LogP contribution in [0.2, 0.25) is 5.15 Å². The van der Waals surface area contributed by atoms with Crippen molar-refractivity contribution in [2.24, 2.45) is 5.92 Å². The summed E-state index contributed by atoms with van der Waals surface area (Å²) in [6.07, 6.45) is 2.47. The second-order valence-electron chi connectivity index (χ2n) is 7.95. The summed E-state index contributed by atoms with van der Waals surface area (Å²) in [5.41, 5.74) is 3.07. The Morgan fingerprint density at radius 1 is 1.23 bits per heavy atom. The molecule has 1 aliphatic heterocycles. The van der Waals surface area contributed by atoms with E-state index in [4.69, 9.17) is 11.6 Å². The Hall–Kier alpha value is -2.22. The minimum Gasteiger partial charge on any atom is -0.298 e. The number of hydrogen-bond donors (Lipinski definition) is 1. The maximum atomic E-state index is 12.9. The largest absolute Gasteiger partial charge is 0.298 e. The lowest BCUT2D eigenvalue weighted by atomic mass is 9.99. The second kappa shape index (κ2) is 9.29. The number of thiazole rings is 1. The SMILES string of the molecule is Cc1nn(Cc2ccccc2)c(Cl)c1C(=O)Nc1nc(CN2CCC(C)CC2)cs1. The van der Waals surface area contributed by atoms with Crippen molar-refractivity contribution in [1.82, 2.24) is 19.7 Å². The van der Waals surface area contributed by atoms with Gasteiger partial charge in [-0.05, 0) is 44.3 Å². The maximum absolute atomic E-state index is 12.9. The van der Waals surface area contributed by atoms with Crippen LogP contribution >= 0.6 is 22.9 Å². The average Bonchev–Trinajstić information content (AvgIpc) is 3.28. The van der Waals surface area contributed by atoms with Crippen LogP contribution in [0.15, 0.2) is 35.7 Å². The van der Waals surface area contributed by atoms with Crippen LogP contribution in [0.1, 0.15) is 47.1 Å². The van der Waals surface area contributed by atoms with Crippen LogP contribution in [-0.4, -0.2) is 38.7 Å². The predicted octanol–water partition coefficient (Wildman–Crippen LogP) is 4.83. The summed E-state index contributed by atoms with van der Waals surface area (Å²) in [7, 11) is 0. The van der Waals surface area contributed by atoms with Gasteiger partial charge in [-0.1, -0.05) is 48.9 Å². The molecule has 3 aromatic rings. The molecule has 4 rings (SSSR count). The molecule has 0 radical (unpaired) electrons. The van der Waals surface area contributed by atoms with E-state index in [1.165, 1.54) is 24.2 Å². The van der Waals surface area contributed by atoms with Gasteiger partial charge in [0.2, 0.25) is 0 Å². The normalized spacial score (nSPS) is 15.4. The molecule has 30 heavy (non-hydrogen) atoms. The predicted molar refractivity (Wildman–Crippen MR) is 121 cm³/mol.